The van der Waals surface area contributed by atoms with Gasteiger partial charge in [0.15, 0.2) is 18.2 Å². The fraction of sp³-hybridized carbons (Fsp3) is 0.150. The van der Waals surface area contributed by atoms with Gasteiger partial charge >= 0.3 is 5.97 Å². The fourth-order valence-corrected chi connectivity index (χ4v) is 2.53. The number of hydrogen-bond acceptors (Lipinski definition) is 7. The number of hydrogen-bond donors (Lipinski definition) is 4. The molecule has 150 valence electrons. The lowest BCUT2D eigenvalue weighted by Crippen LogP contribution is -2.80. The van der Waals surface area contributed by atoms with E-state index in [4.69, 9.17) is 4.74 Å². The highest BCUT2D eigenvalue weighted by molar-refractivity contribution is 5.70. The molecule has 2 aromatic carbocycles. The van der Waals surface area contributed by atoms with E-state index in [-0.39, 0.29) is 30.0 Å². The summed E-state index contributed by atoms with van der Waals surface area (Å²) >= 11 is 0. The Labute approximate surface area is 166 Å². The van der Waals surface area contributed by atoms with E-state index in [2.05, 4.69) is 20.6 Å². The first kappa shape index (κ1) is 20.0. The molecule has 0 radical (unpaired) electrons. The largest absolute Gasteiger partial charge is 0.508 e. The van der Waals surface area contributed by atoms with Crippen LogP contribution < -0.4 is 16.0 Å². The third-order valence-electron chi connectivity index (χ3n) is 3.81. The molecule has 0 spiro atoms. The van der Waals surface area contributed by atoms with Gasteiger partial charge in [-0.25, -0.2) is 14.2 Å². The zero-order valence-corrected chi connectivity index (χ0v) is 15.7. The van der Waals surface area contributed by atoms with Crippen molar-refractivity contribution in [2.45, 2.75) is 6.92 Å². The van der Waals surface area contributed by atoms with E-state index in [1.807, 2.05) is 18.2 Å². The van der Waals surface area contributed by atoms with E-state index in [1.165, 1.54) is 12.1 Å². The van der Waals surface area contributed by atoms with Gasteiger partial charge in [0.1, 0.15) is 11.4 Å². The topological polar surface area (TPSA) is 113 Å². The molecule has 1 aromatic heterocycles. The quantitative estimate of drug-likeness (QED) is 0.341. The Morgan fingerprint density at radius 3 is 2.69 bits per heavy atom. The van der Waals surface area contributed by atoms with Crippen LogP contribution >= 0.6 is 0 Å². The second-order valence-electron chi connectivity index (χ2n) is 6.03. The molecule has 0 saturated heterocycles. The summed E-state index contributed by atoms with van der Waals surface area (Å²) in [5.41, 5.74) is 1.99. The first-order valence-corrected chi connectivity index (χ1v) is 8.98. The van der Waals surface area contributed by atoms with Crippen LogP contribution in [0.25, 0.3) is 0 Å². The smallest absolute Gasteiger partial charge is 0.362 e. The Kier molecular flexibility index (Phi) is 6.54. The van der Waals surface area contributed by atoms with Gasteiger partial charge in [0, 0.05) is 23.5 Å². The number of ether oxygens (including phenoxy) is 1. The summed E-state index contributed by atoms with van der Waals surface area (Å²) in [6, 6.07) is 13.6. The summed E-state index contributed by atoms with van der Waals surface area (Å²) in [5.74, 6) is -0.709. The molecule has 9 heteroatoms. The number of halogens is 1. The molecule has 0 bridgehead atoms. The first-order valence-electron chi connectivity index (χ1n) is 8.98. The summed E-state index contributed by atoms with van der Waals surface area (Å²) in [7, 11) is 0. The Morgan fingerprint density at radius 1 is 1.17 bits per heavy atom. The van der Waals surface area contributed by atoms with Gasteiger partial charge in [-0.2, -0.15) is 4.98 Å². The number of carbonyl (C=O) groups is 1. The highest BCUT2D eigenvalue weighted by Crippen LogP contribution is 2.23. The number of carbonyl (C=O) groups excluding carboxylic acids is 1. The van der Waals surface area contributed by atoms with Crippen molar-refractivity contribution in [1.82, 2.24) is 9.97 Å². The summed E-state index contributed by atoms with van der Waals surface area (Å²) < 4.78 is 19.0. The normalized spacial score (nSPS) is 10.4. The Bertz CT molecular complexity index is 999. The average molecular weight is 398 g/mol. The number of nitrogens with zero attached hydrogens (tertiary/aromatic N) is 2. The van der Waals surface area contributed by atoms with Gasteiger partial charge in [0.25, 0.3) is 0 Å². The van der Waals surface area contributed by atoms with Crippen LogP contribution in [0, 0.1) is 5.82 Å². The maximum atomic E-state index is 14.1. The van der Waals surface area contributed by atoms with Crippen LogP contribution in [0.2, 0.25) is 0 Å². The van der Waals surface area contributed by atoms with Crippen molar-refractivity contribution in [2.24, 2.45) is 0 Å². The summed E-state index contributed by atoms with van der Waals surface area (Å²) in [6.45, 7) is 2.27. The average Bonchev–Trinajstić information content (AvgIpc) is 2.70. The standard InChI is InChI=1S/C20H20FN5O3/c1-2-29-18(28)12-22-13-5-3-6-14(9-13)25-20-23-11-17(21)19(26-20)24-15-7-4-8-16(27)10-15/h3-11,22,27H,2,12H2,1H3,(H2,23,24,25,26)/p+1. The van der Waals surface area contributed by atoms with Crippen LogP contribution in [0.4, 0.5) is 33.2 Å². The van der Waals surface area contributed by atoms with Crippen LogP contribution in [0.15, 0.2) is 54.7 Å². The maximum absolute atomic E-state index is 14.1. The Morgan fingerprint density at radius 2 is 1.93 bits per heavy atom. The Balaban J connectivity index is 1.70. The lowest BCUT2D eigenvalue weighted by Gasteiger charge is -2.10. The fourth-order valence-electron chi connectivity index (χ4n) is 2.53. The van der Waals surface area contributed by atoms with Crippen molar-refractivity contribution in [3.8, 4) is 5.75 Å². The van der Waals surface area contributed by atoms with Crippen LogP contribution in [-0.4, -0.2) is 34.2 Å². The molecule has 3 rings (SSSR count). The van der Waals surface area contributed by atoms with Gasteiger partial charge < -0.3 is 25.8 Å². The lowest BCUT2D eigenvalue weighted by atomic mass is 10.2. The molecule has 0 fully saturated rings. The number of quaternary nitrogens is 1. The maximum Gasteiger partial charge on any atom is 0.362 e. The number of anilines is 4. The van der Waals surface area contributed by atoms with Gasteiger partial charge in [0.05, 0.1) is 12.8 Å². The van der Waals surface area contributed by atoms with Gasteiger partial charge in [-0.05, 0) is 31.2 Å². The number of phenolic OH excluding ortho intramolecular Hbond substituents is 1. The summed E-state index contributed by atoms with van der Waals surface area (Å²) in [4.78, 5) is 19.6. The molecule has 0 saturated carbocycles. The van der Waals surface area contributed by atoms with E-state index < -0.39 is 5.82 Å². The number of benzene rings is 2. The zero-order valence-electron chi connectivity index (χ0n) is 15.7. The molecule has 0 aliphatic carbocycles. The minimum absolute atomic E-state index is 0.0295. The van der Waals surface area contributed by atoms with Crippen molar-refractivity contribution in [3.05, 3.63) is 60.5 Å². The number of rotatable bonds is 8. The van der Waals surface area contributed by atoms with E-state index in [9.17, 15) is 14.3 Å². The molecule has 8 nitrogen and oxygen atoms in total. The van der Waals surface area contributed by atoms with E-state index >= 15 is 0 Å². The molecule has 0 amide bonds. The summed E-state index contributed by atoms with van der Waals surface area (Å²) in [6.07, 6.45) is 1.05. The van der Waals surface area contributed by atoms with Crippen molar-refractivity contribution in [1.29, 1.82) is 0 Å². The highest BCUT2D eigenvalue weighted by atomic mass is 19.1. The second-order valence-corrected chi connectivity index (χ2v) is 6.03. The van der Waals surface area contributed by atoms with E-state index in [1.54, 1.807) is 30.4 Å². The number of nitrogens with two attached hydrogens (primary N) is 1. The monoisotopic (exact) mass is 398 g/mol. The summed E-state index contributed by atoms with van der Waals surface area (Å²) in [5, 5.41) is 17.1. The number of nitrogens with one attached hydrogen (secondary N) is 2. The molecule has 0 aliphatic heterocycles. The van der Waals surface area contributed by atoms with Gasteiger partial charge in [0.2, 0.25) is 5.95 Å². The third-order valence-corrected chi connectivity index (χ3v) is 3.81. The number of phenols is 1. The molecule has 29 heavy (non-hydrogen) atoms. The molecule has 1 heterocycles. The highest BCUT2D eigenvalue weighted by Gasteiger charge is 2.10. The van der Waals surface area contributed by atoms with Crippen molar-refractivity contribution in [3.63, 3.8) is 0 Å². The predicted molar refractivity (Wildman–Crippen MR) is 106 cm³/mol. The van der Waals surface area contributed by atoms with Crippen LogP contribution in [0.1, 0.15) is 6.92 Å². The van der Waals surface area contributed by atoms with Crippen molar-refractivity contribution < 1.29 is 24.3 Å². The molecule has 0 aliphatic rings. The minimum Gasteiger partial charge on any atom is -0.508 e. The van der Waals surface area contributed by atoms with Crippen LogP contribution in [-0.2, 0) is 9.53 Å². The molecule has 5 N–H and O–H groups in total. The SMILES string of the molecule is CCOC(=O)C[NH2+]c1cccc(Nc2ncc(F)c(Nc3cccc(O)c3)n2)c1. The molecule has 3 aromatic rings. The number of aromatic hydroxyl groups is 1. The lowest BCUT2D eigenvalue weighted by molar-refractivity contribution is -0.561. The number of aromatic nitrogens is 2. The third kappa shape index (κ3) is 5.88. The minimum atomic E-state index is -0.629. The van der Waals surface area contributed by atoms with E-state index in [0.29, 0.717) is 18.0 Å². The number of esters is 1. The first-order chi connectivity index (χ1) is 14.0. The Hall–Kier alpha value is -3.72. The van der Waals surface area contributed by atoms with Crippen molar-refractivity contribution >= 4 is 34.8 Å². The molecular formula is C20H21FN5O3+. The van der Waals surface area contributed by atoms with Crippen LogP contribution in [0.5, 0.6) is 5.75 Å². The second kappa shape index (κ2) is 9.47. The van der Waals surface area contributed by atoms with Gasteiger partial charge in [-0.15, -0.1) is 0 Å². The van der Waals surface area contributed by atoms with Crippen LogP contribution in [0.3, 0.4) is 0 Å². The predicted octanol–water partition coefficient (Wildman–Crippen LogP) is 2.57. The van der Waals surface area contributed by atoms with Gasteiger partial charge in [-0.1, -0.05) is 12.1 Å². The van der Waals surface area contributed by atoms with Gasteiger partial charge in [-0.3, -0.25) is 0 Å². The zero-order chi connectivity index (χ0) is 20.6. The van der Waals surface area contributed by atoms with Crippen molar-refractivity contribution in [2.75, 3.05) is 23.8 Å². The van der Waals surface area contributed by atoms with E-state index in [0.717, 1.165) is 11.9 Å². The molecular weight excluding hydrogens is 377 g/mol. The molecule has 0 unspecified atom stereocenters. The molecule has 0 atom stereocenters.